The summed E-state index contributed by atoms with van der Waals surface area (Å²) in [6.07, 6.45) is 16.5. The lowest BCUT2D eigenvalue weighted by molar-refractivity contribution is -0.515. The summed E-state index contributed by atoms with van der Waals surface area (Å²) in [4.78, 5) is 2.57. The van der Waals surface area contributed by atoms with Gasteiger partial charge in [0.05, 0.1) is 6.07 Å². The summed E-state index contributed by atoms with van der Waals surface area (Å²) >= 11 is 1.69. The number of nitrogens with zero attached hydrogens (tertiary/aromatic N) is 3. The molecular formula is C28H38N3S+. The Hall–Kier alpha value is -1.99. The third kappa shape index (κ3) is 4.84. The number of benzene rings is 1. The standard InChI is InChI=1S/C28H38N3S/c1-4-30-21-23(20-29)32-27(30)18-11-17-26-28(2,3)24-15-7-8-16-25(24)31(26)19-10-9-14-22-12-5-6-13-22/h7-8,11,15-18,22-23H,4-6,9-10,12-14,19,21H2,1-3H3/q+1. The maximum absolute atomic E-state index is 9.32. The number of unbranched alkanes of at least 4 members (excludes halogenated alkanes) is 1. The van der Waals surface area contributed by atoms with Gasteiger partial charge in [0.1, 0.15) is 6.54 Å². The molecule has 2 heterocycles. The smallest absolute Gasteiger partial charge is 0.236 e. The molecule has 2 aliphatic heterocycles. The zero-order chi connectivity index (χ0) is 22.6. The molecule has 0 N–H and O–H groups in total. The maximum Gasteiger partial charge on any atom is 0.236 e. The zero-order valence-corrected chi connectivity index (χ0v) is 20.8. The van der Waals surface area contributed by atoms with Gasteiger partial charge in [0.15, 0.2) is 11.8 Å². The molecule has 0 saturated heterocycles. The minimum atomic E-state index is -0.000492. The van der Waals surface area contributed by atoms with E-state index in [0.717, 1.165) is 25.6 Å². The molecule has 1 aromatic rings. The lowest BCUT2D eigenvalue weighted by Crippen LogP contribution is -2.27. The van der Waals surface area contributed by atoms with Crippen LogP contribution in [0.25, 0.3) is 0 Å². The van der Waals surface area contributed by atoms with Crippen LogP contribution >= 0.6 is 11.8 Å². The number of thioether (sulfide) groups is 1. The van der Waals surface area contributed by atoms with Gasteiger partial charge in [-0.2, -0.15) is 5.26 Å². The highest BCUT2D eigenvalue weighted by Crippen LogP contribution is 2.47. The van der Waals surface area contributed by atoms with Crippen LogP contribution in [0.2, 0.25) is 0 Å². The van der Waals surface area contributed by atoms with E-state index in [1.165, 1.54) is 66.9 Å². The van der Waals surface area contributed by atoms with Crippen LogP contribution in [-0.4, -0.2) is 34.5 Å². The number of nitriles is 1. The molecule has 1 fully saturated rings. The van der Waals surface area contributed by atoms with Crippen molar-refractivity contribution in [2.24, 2.45) is 5.92 Å². The van der Waals surface area contributed by atoms with Crippen molar-refractivity contribution < 1.29 is 4.58 Å². The number of anilines is 1. The molecule has 4 heteroatoms. The van der Waals surface area contributed by atoms with E-state index in [1.807, 2.05) is 0 Å². The molecule has 0 spiro atoms. The first-order valence-electron chi connectivity index (χ1n) is 12.5. The van der Waals surface area contributed by atoms with Crippen LogP contribution in [0.4, 0.5) is 5.69 Å². The summed E-state index contributed by atoms with van der Waals surface area (Å²) in [6, 6.07) is 11.3. The predicted molar refractivity (Wildman–Crippen MR) is 138 cm³/mol. The fourth-order valence-electron chi connectivity index (χ4n) is 5.65. The Balaban J connectivity index is 1.50. The van der Waals surface area contributed by atoms with Crippen molar-refractivity contribution in [1.29, 1.82) is 5.26 Å². The highest BCUT2D eigenvalue weighted by Gasteiger charge is 2.39. The summed E-state index contributed by atoms with van der Waals surface area (Å²) in [6.45, 7) is 9.74. The Kier molecular flexibility index (Phi) is 7.46. The van der Waals surface area contributed by atoms with Gasteiger partial charge in [0.2, 0.25) is 5.04 Å². The van der Waals surface area contributed by atoms with Gasteiger partial charge in [0, 0.05) is 29.4 Å². The Morgan fingerprint density at radius 2 is 2.00 bits per heavy atom. The molecule has 0 amide bonds. The van der Waals surface area contributed by atoms with E-state index in [0.29, 0.717) is 0 Å². The van der Waals surface area contributed by atoms with E-state index in [9.17, 15) is 5.26 Å². The first-order valence-corrected chi connectivity index (χ1v) is 13.4. The van der Waals surface area contributed by atoms with Crippen molar-refractivity contribution in [3.05, 3.63) is 53.8 Å². The molecule has 32 heavy (non-hydrogen) atoms. The van der Waals surface area contributed by atoms with Gasteiger partial charge in [0.25, 0.3) is 0 Å². The molecule has 0 aromatic heterocycles. The average molecular weight is 449 g/mol. The van der Waals surface area contributed by atoms with E-state index in [4.69, 9.17) is 0 Å². The lowest BCUT2D eigenvalue weighted by atomic mass is 9.84. The summed E-state index contributed by atoms with van der Waals surface area (Å²) in [5.41, 5.74) is 4.19. The van der Waals surface area contributed by atoms with Crippen LogP contribution in [0.5, 0.6) is 0 Å². The van der Waals surface area contributed by atoms with Gasteiger partial charge in [-0.3, -0.25) is 0 Å². The predicted octanol–water partition coefficient (Wildman–Crippen LogP) is 6.65. The molecule has 1 atom stereocenters. The van der Waals surface area contributed by atoms with Crippen molar-refractivity contribution in [3.8, 4) is 6.07 Å². The van der Waals surface area contributed by atoms with E-state index >= 15 is 0 Å². The molecule has 170 valence electrons. The first-order chi connectivity index (χ1) is 15.5. The van der Waals surface area contributed by atoms with Crippen molar-refractivity contribution in [2.75, 3.05) is 24.5 Å². The van der Waals surface area contributed by atoms with E-state index in [2.05, 4.69) is 78.8 Å². The van der Waals surface area contributed by atoms with Gasteiger partial charge >= 0.3 is 0 Å². The van der Waals surface area contributed by atoms with Gasteiger partial charge in [-0.15, -0.1) is 0 Å². The lowest BCUT2D eigenvalue weighted by Gasteiger charge is -2.27. The van der Waals surface area contributed by atoms with Crippen LogP contribution < -0.4 is 4.90 Å². The summed E-state index contributed by atoms with van der Waals surface area (Å²) in [7, 11) is 0. The molecule has 1 aromatic carbocycles. The zero-order valence-electron chi connectivity index (χ0n) is 20.0. The normalized spacial score (nSPS) is 24.1. The monoisotopic (exact) mass is 448 g/mol. The van der Waals surface area contributed by atoms with E-state index < -0.39 is 0 Å². The minimum absolute atomic E-state index is 0.000492. The molecule has 1 unspecified atom stereocenters. The van der Waals surface area contributed by atoms with Crippen molar-refractivity contribution in [1.82, 2.24) is 0 Å². The van der Waals surface area contributed by atoms with Crippen LogP contribution in [0.3, 0.4) is 0 Å². The molecule has 3 aliphatic rings. The second-order valence-corrected chi connectivity index (χ2v) is 11.2. The average Bonchev–Trinajstić information content (AvgIpc) is 3.50. The van der Waals surface area contributed by atoms with E-state index in [-0.39, 0.29) is 10.7 Å². The van der Waals surface area contributed by atoms with E-state index in [1.54, 1.807) is 11.8 Å². The number of rotatable bonds is 8. The number of hydrogen-bond donors (Lipinski definition) is 0. The van der Waals surface area contributed by atoms with Crippen molar-refractivity contribution >= 4 is 22.5 Å². The van der Waals surface area contributed by atoms with Crippen molar-refractivity contribution in [3.63, 3.8) is 0 Å². The van der Waals surface area contributed by atoms with Crippen molar-refractivity contribution in [2.45, 2.75) is 76.4 Å². The molecule has 3 nitrogen and oxygen atoms in total. The third-order valence-electron chi connectivity index (χ3n) is 7.50. The SMILES string of the molecule is CC[N+]1=C(/C=C/C=C2/N(CCCCC3CCCC3)c3ccccc3C2(C)C)SC(C#N)C1. The second-order valence-electron chi connectivity index (χ2n) is 9.96. The molecule has 0 radical (unpaired) electrons. The van der Waals surface area contributed by atoms with Gasteiger partial charge in [-0.1, -0.05) is 76.6 Å². The highest BCUT2D eigenvalue weighted by molar-refractivity contribution is 8.15. The van der Waals surface area contributed by atoms with Crippen LogP contribution in [0.1, 0.15) is 71.3 Å². The Bertz CT molecular complexity index is 944. The minimum Gasteiger partial charge on any atom is -0.344 e. The summed E-state index contributed by atoms with van der Waals surface area (Å²) in [5, 5.41) is 10.6. The number of fused-ring (bicyclic) bond motifs is 1. The molecule has 1 saturated carbocycles. The largest absolute Gasteiger partial charge is 0.344 e. The summed E-state index contributed by atoms with van der Waals surface area (Å²) in [5.74, 6) is 0.981. The maximum atomic E-state index is 9.32. The number of para-hydroxylation sites is 1. The van der Waals surface area contributed by atoms with Crippen LogP contribution in [-0.2, 0) is 5.41 Å². The molecule has 0 bridgehead atoms. The Morgan fingerprint density at radius 3 is 2.75 bits per heavy atom. The Labute approximate surface area is 198 Å². The topological polar surface area (TPSA) is 30.0 Å². The fourth-order valence-corrected chi connectivity index (χ4v) is 6.76. The fraction of sp³-hybridized carbons (Fsp3) is 0.571. The second kappa shape index (κ2) is 10.3. The van der Waals surface area contributed by atoms with Crippen LogP contribution in [0.15, 0.2) is 48.2 Å². The van der Waals surface area contributed by atoms with Gasteiger partial charge in [-0.05, 0) is 48.7 Å². The molecule has 4 rings (SSSR count). The Morgan fingerprint density at radius 1 is 1.22 bits per heavy atom. The number of hydrogen-bond acceptors (Lipinski definition) is 3. The van der Waals surface area contributed by atoms with Gasteiger partial charge in [-0.25, -0.2) is 4.58 Å². The third-order valence-corrected chi connectivity index (χ3v) is 8.67. The quantitative estimate of drug-likeness (QED) is 0.329. The first kappa shape index (κ1) is 23.2. The van der Waals surface area contributed by atoms with Gasteiger partial charge < -0.3 is 4.90 Å². The van der Waals surface area contributed by atoms with Crippen LogP contribution in [0, 0.1) is 17.2 Å². The highest BCUT2D eigenvalue weighted by atomic mass is 32.2. The molecular weight excluding hydrogens is 410 g/mol. The molecule has 1 aliphatic carbocycles. The number of allylic oxidation sites excluding steroid dienone is 3. The summed E-state index contributed by atoms with van der Waals surface area (Å²) < 4.78 is 2.31.